The van der Waals surface area contributed by atoms with E-state index in [0.717, 1.165) is 29.9 Å². The van der Waals surface area contributed by atoms with Gasteiger partial charge < -0.3 is 14.8 Å². The van der Waals surface area contributed by atoms with Gasteiger partial charge in [-0.3, -0.25) is 4.79 Å². The summed E-state index contributed by atoms with van der Waals surface area (Å²) in [5.41, 5.74) is 3.97. The van der Waals surface area contributed by atoms with Crippen molar-refractivity contribution in [2.45, 2.75) is 38.7 Å². The van der Waals surface area contributed by atoms with E-state index in [0.29, 0.717) is 38.9 Å². The number of carbonyl (C=O) groups excluding carboxylic acids is 2. The van der Waals surface area contributed by atoms with Crippen molar-refractivity contribution in [2.75, 3.05) is 7.11 Å². The summed E-state index contributed by atoms with van der Waals surface area (Å²) in [7, 11) is 1.60. The zero-order valence-electron chi connectivity index (χ0n) is 17.8. The number of allylic oxidation sites excluding steroid dienone is 3. The van der Waals surface area contributed by atoms with E-state index >= 15 is 0 Å². The van der Waals surface area contributed by atoms with Crippen LogP contribution >= 0.6 is 23.2 Å². The summed E-state index contributed by atoms with van der Waals surface area (Å²) in [5, 5.41) is 4.17. The normalized spacial score (nSPS) is 18.2. The minimum atomic E-state index is -0.604. The summed E-state index contributed by atoms with van der Waals surface area (Å²) in [6.45, 7) is 1.92. The van der Waals surface area contributed by atoms with Crippen LogP contribution in [0.3, 0.4) is 0 Å². The first-order valence-electron chi connectivity index (χ1n) is 10.4. The number of Topliss-reactive ketones (excluding diaryl/α,β-unsaturated/α-hetero) is 1. The topological polar surface area (TPSA) is 64.6 Å². The third-order valence-corrected chi connectivity index (χ3v) is 6.36. The Bertz CT molecular complexity index is 1140. The average Bonchev–Trinajstić information content (AvgIpc) is 2.77. The van der Waals surface area contributed by atoms with Crippen molar-refractivity contribution in [3.63, 3.8) is 0 Å². The number of ketones is 1. The highest BCUT2D eigenvalue weighted by molar-refractivity contribution is 6.35. The number of nitrogens with one attached hydrogen (secondary N) is 1. The van der Waals surface area contributed by atoms with Crippen molar-refractivity contribution in [3.8, 4) is 5.75 Å². The molecule has 1 heterocycles. The second kappa shape index (κ2) is 9.39. The fraction of sp³-hybridized carbons (Fsp3) is 0.280. The number of benzene rings is 2. The van der Waals surface area contributed by atoms with Crippen molar-refractivity contribution in [3.05, 3.63) is 86.2 Å². The van der Waals surface area contributed by atoms with Crippen LogP contribution < -0.4 is 10.1 Å². The smallest absolute Gasteiger partial charge is 0.337 e. The molecule has 2 aromatic rings. The van der Waals surface area contributed by atoms with Crippen molar-refractivity contribution < 1.29 is 19.1 Å². The molecule has 0 saturated heterocycles. The summed E-state index contributed by atoms with van der Waals surface area (Å²) in [4.78, 5) is 26.3. The SMILES string of the molecule is COc1ccc(COC(=O)C2=C(C)NC3=C(C(=O)CCC3)[C@H]2c2ccc(Cl)cc2Cl)cc1. The molecule has 2 aliphatic rings. The third kappa shape index (κ3) is 4.41. The molecular weight excluding hydrogens is 449 g/mol. The lowest BCUT2D eigenvalue weighted by molar-refractivity contribution is -0.140. The predicted molar refractivity (Wildman–Crippen MR) is 124 cm³/mol. The van der Waals surface area contributed by atoms with Crippen LogP contribution in [0, 0.1) is 0 Å². The molecule has 32 heavy (non-hydrogen) atoms. The number of rotatable bonds is 5. The summed E-state index contributed by atoms with van der Waals surface area (Å²) in [6, 6.07) is 12.4. The summed E-state index contributed by atoms with van der Waals surface area (Å²) in [5.74, 6) is -0.357. The second-order valence-electron chi connectivity index (χ2n) is 7.86. The molecular formula is C25H23Cl2NO4. The first kappa shape index (κ1) is 22.4. The Hall–Kier alpha value is -2.76. The summed E-state index contributed by atoms with van der Waals surface area (Å²) >= 11 is 12.6. The Morgan fingerprint density at radius 2 is 1.88 bits per heavy atom. The predicted octanol–water partition coefficient (Wildman–Crippen LogP) is 5.71. The monoisotopic (exact) mass is 471 g/mol. The highest BCUT2D eigenvalue weighted by Gasteiger charge is 2.40. The van der Waals surface area contributed by atoms with Crippen LogP contribution in [0.25, 0.3) is 0 Å². The van der Waals surface area contributed by atoms with Gasteiger partial charge in [-0.25, -0.2) is 4.79 Å². The number of hydrogen-bond donors (Lipinski definition) is 1. The molecule has 1 aliphatic heterocycles. The highest BCUT2D eigenvalue weighted by Crippen LogP contribution is 2.45. The first-order valence-corrected chi connectivity index (χ1v) is 11.1. The molecule has 1 atom stereocenters. The number of methoxy groups -OCH3 is 1. The Labute approximate surface area is 197 Å². The van der Waals surface area contributed by atoms with Crippen LogP contribution in [0.5, 0.6) is 5.75 Å². The van der Waals surface area contributed by atoms with Crippen LogP contribution in [-0.4, -0.2) is 18.9 Å². The molecule has 1 N–H and O–H groups in total. The van der Waals surface area contributed by atoms with Gasteiger partial charge >= 0.3 is 5.97 Å². The van der Waals surface area contributed by atoms with Gasteiger partial charge in [-0.2, -0.15) is 0 Å². The average molecular weight is 472 g/mol. The number of hydrogen-bond acceptors (Lipinski definition) is 5. The molecule has 0 fully saturated rings. The Morgan fingerprint density at radius 3 is 2.56 bits per heavy atom. The van der Waals surface area contributed by atoms with Crippen LogP contribution in [0.1, 0.15) is 43.2 Å². The van der Waals surface area contributed by atoms with E-state index in [1.165, 1.54) is 0 Å². The molecule has 2 aromatic carbocycles. The Kier molecular flexibility index (Phi) is 6.58. The van der Waals surface area contributed by atoms with E-state index in [2.05, 4.69) is 5.32 Å². The maximum Gasteiger partial charge on any atom is 0.337 e. The minimum Gasteiger partial charge on any atom is -0.497 e. The standard InChI is InChI=1S/C25H23Cl2NO4/c1-14-22(25(30)32-13-15-6-9-17(31-2)10-7-15)23(18-11-8-16(26)12-19(18)27)24-20(28-14)4-3-5-21(24)29/h6-12,23,28H,3-5,13H2,1-2H3/t23-/m0/s1. The molecule has 0 unspecified atom stereocenters. The Morgan fingerprint density at radius 1 is 1.12 bits per heavy atom. The maximum atomic E-state index is 13.3. The van der Waals surface area contributed by atoms with Crippen LogP contribution in [0.15, 0.2) is 65.0 Å². The molecule has 0 bridgehead atoms. The maximum absolute atomic E-state index is 13.3. The molecule has 1 aliphatic carbocycles. The van der Waals surface area contributed by atoms with E-state index in [1.54, 1.807) is 25.3 Å². The second-order valence-corrected chi connectivity index (χ2v) is 8.70. The number of carbonyl (C=O) groups is 2. The van der Waals surface area contributed by atoms with E-state index in [-0.39, 0.29) is 12.4 Å². The third-order valence-electron chi connectivity index (χ3n) is 5.80. The molecule has 166 valence electrons. The molecule has 0 amide bonds. The lowest BCUT2D eigenvalue weighted by Gasteiger charge is -2.34. The van der Waals surface area contributed by atoms with Crippen LogP contribution in [-0.2, 0) is 20.9 Å². The van der Waals surface area contributed by atoms with Crippen LogP contribution in [0.4, 0.5) is 0 Å². The van der Waals surface area contributed by atoms with E-state index in [4.69, 9.17) is 32.7 Å². The number of halogens is 2. The zero-order valence-corrected chi connectivity index (χ0v) is 19.3. The largest absolute Gasteiger partial charge is 0.497 e. The van der Waals surface area contributed by atoms with Gasteiger partial charge in [-0.1, -0.05) is 41.4 Å². The minimum absolute atomic E-state index is 0.0164. The van der Waals surface area contributed by atoms with E-state index in [9.17, 15) is 9.59 Å². The van der Waals surface area contributed by atoms with Gasteiger partial charge in [-0.05, 0) is 55.2 Å². The van der Waals surface area contributed by atoms with E-state index in [1.807, 2.05) is 31.2 Å². The fourth-order valence-electron chi connectivity index (χ4n) is 4.25. The van der Waals surface area contributed by atoms with Gasteiger partial charge in [0.25, 0.3) is 0 Å². The van der Waals surface area contributed by atoms with Gasteiger partial charge in [0.1, 0.15) is 12.4 Å². The molecule has 0 saturated carbocycles. The number of ether oxygens (including phenoxy) is 2. The van der Waals surface area contributed by atoms with Gasteiger partial charge in [-0.15, -0.1) is 0 Å². The number of dihydropyridines is 1. The first-order chi connectivity index (χ1) is 15.4. The molecule has 0 radical (unpaired) electrons. The molecule has 7 heteroatoms. The molecule has 5 nitrogen and oxygen atoms in total. The van der Waals surface area contributed by atoms with Crippen LogP contribution in [0.2, 0.25) is 10.0 Å². The van der Waals surface area contributed by atoms with Crippen molar-refractivity contribution in [1.29, 1.82) is 0 Å². The Balaban J connectivity index is 1.69. The zero-order chi connectivity index (χ0) is 22.8. The molecule has 4 rings (SSSR count). The van der Waals surface area contributed by atoms with Crippen molar-refractivity contribution >= 4 is 35.0 Å². The highest BCUT2D eigenvalue weighted by atomic mass is 35.5. The lowest BCUT2D eigenvalue weighted by atomic mass is 9.75. The molecule has 0 spiro atoms. The van der Waals surface area contributed by atoms with Gasteiger partial charge in [0, 0.05) is 39.4 Å². The summed E-state index contributed by atoms with van der Waals surface area (Å²) < 4.78 is 10.8. The fourth-order valence-corrected chi connectivity index (χ4v) is 4.77. The van der Waals surface area contributed by atoms with Crippen molar-refractivity contribution in [2.24, 2.45) is 0 Å². The van der Waals surface area contributed by atoms with Crippen molar-refractivity contribution in [1.82, 2.24) is 5.32 Å². The van der Waals surface area contributed by atoms with E-state index < -0.39 is 11.9 Å². The number of esters is 1. The molecule has 0 aromatic heterocycles. The van der Waals surface area contributed by atoms with Gasteiger partial charge in [0.15, 0.2) is 5.78 Å². The van der Waals surface area contributed by atoms with Gasteiger partial charge in [0.2, 0.25) is 0 Å². The van der Waals surface area contributed by atoms with Gasteiger partial charge in [0.05, 0.1) is 12.7 Å². The lowest BCUT2D eigenvalue weighted by Crippen LogP contribution is -2.34. The summed E-state index contributed by atoms with van der Waals surface area (Å²) in [6.07, 6.45) is 1.96. The quantitative estimate of drug-likeness (QED) is 0.565.